The third-order valence-corrected chi connectivity index (χ3v) is 20.2. The Balaban J connectivity index is 5.25. The Morgan fingerprint density at radius 3 is 0.792 bits per heavy atom. The van der Waals surface area contributed by atoms with Crippen molar-refractivity contribution in [3.8, 4) is 0 Å². The zero-order valence-electron chi connectivity index (χ0n) is 62.7. The first-order chi connectivity index (χ1) is 46.4. The van der Waals surface area contributed by atoms with E-state index in [0.717, 1.165) is 102 Å². The molecule has 0 fully saturated rings. The first-order valence-corrected chi connectivity index (χ1v) is 43.0. The Morgan fingerprint density at radius 2 is 0.531 bits per heavy atom. The lowest BCUT2D eigenvalue weighted by Gasteiger charge is -2.21. The molecule has 0 aromatic heterocycles. The topological polar surface area (TPSA) is 237 Å². The first-order valence-electron chi connectivity index (χ1n) is 40.0. The van der Waals surface area contributed by atoms with Gasteiger partial charge in [0.1, 0.15) is 19.3 Å². The van der Waals surface area contributed by atoms with Crippen LogP contribution in [0.1, 0.15) is 401 Å². The van der Waals surface area contributed by atoms with Crippen molar-refractivity contribution in [2.45, 2.75) is 419 Å². The standard InChI is InChI=1S/C77H150O17P2/c1-7-10-12-14-16-18-20-22-23-24-25-26-27-29-37-43-49-55-61-76(81)93-72(65-88-75(80)60-54-48-42-36-31-30-34-40-46-52-58-70(6)9-3)67-91-95(83,84)89-63-71(78)64-90-96(85,86)92-68-73(94-77(82)62-56-50-44-38-32-33-39-45-51-57-69(4)5)66-87-74(79)59-53-47-41-35-28-21-19-17-15-13-11-8-2/h69-73,78H,7-68H2,1-6H3,(H,83,84)(H,85,86)/t70?,71-,72-,73-/m1/s1. The minimum Gasteiger partial charge on any atom is -0.462 e. The van der Waals surface area contributed by atoms with E-state index >= 15 is 0 Å². The molecule has 0 aromatic carbocycles. The maximum absolute atomic E-state index is 13.1. The van der Waals surface area contributed by atoms with E-state index in [9.17, 15) is 43.2 Å². The van der Waals surface area contributed by atoms with Crippen molar-refractivity contribution in [2.75, 3.05) is 39.6 Å². The number of esters is 4. The summed E-state index contributed by atoms with van der Waals surface area (Å²) in [6.07, 6.45) is 56.7. The second-order valence-electron chi connectivity index (χ2n) is 28.5. The highest BCUT2D eigenvalue weighted by atomic mass is 31.2. The van der Waals surface area contributed by atoms with Crippen LogP contribution in [0.4, 0.5) is 0 Å². The van der Waals surface area contributed by atoms with Gasteiger partial charge in [0.05, 0.1) is 26.4 Å². The maximum atomic E-state index is 13.1. The fourth-order valence-electron chi connectivity index (χ4n) is 11.8. The lowest BCUT2D eigenvalue weighted by Crippen LogP contribution is -2.30. The average molecular weight is 1410 g/mol. The van der Waals surface area contributed by atoms with Crippen LogP contribution in [0.5, 0.6) is 0 Å². The molecule has 0 bridgehead atoms. The molecule has 0 aliphatic carbocycles. The summed E-state index contributed by atoms with van der Waals surface area (Å²) in [5.41, 5.74) is 0. The monoisotopic (exact) mass is 1410 g/mol. The fourth-order valence-corrected chi connectivity index (χ4v) is 13.4. The number of carbonyl (C=O) groups is 4. The zero-order chi connectivity index (χ0) is 70.7. The van der Waals surface area contributed by atoms with Gasteiger partial charge in [0, 0.05) is 25.7 Å². The average Bonchev–Trinajstić information content (AvgIpc) is 1.26. The van der Waals surface area contributed by atoms with Crippen LogP contribution < -0.4 is 0 Å². The fraction of sp³-hybridized carbons (Fsp3) is 0.948. The summed E-state index contributed by atoms with van der Waals surface area (Å²) in [5.74, 6) is -0.567. The number of ether oxygens (including phenoxy) is 4. The molecule has 3 N–H and O–H groups in total. The van der Waals surface area contributed by atoms with Gasteiger partial charge in [0.25, 0.3) is 0 Å². The Morgan fingerprint density at radius 1 is 0.302 bits per heavy atom. The molecule has 0 rings (SSSR count). The summed E-state index contributed by atoms with van der Waals surface area (Å²) in [5, 5.41) is 10.6. The zero-order valence-corrected chi connectivity index (χ0v) is 64.5. The van der Waals surface area contributed by atoms with Gasteiger partial charge in [0.15, 0.2) is 12.2 Å². The number of aliphatic hydroxyl groups is 1. The second-order valence-corrected chi connectivity index (χ2v) is 31.4. The van der Waals surface area contributed by atoms with Crippen molar-refractivity contribution in [3.05, 3.63) is 0 Å². The summed E-state index contributed by atoms with van der Waals surface area (Å²) < 4.78 is 68.6. The predicted molar refractivity (Wildman–Crippen MR) is 391 cm³/mol. The van der Waals surface area contributed by atoms with Crippen LogP contribution in [-0.2, 0) is 65.4 Å². The van der Waals surface area contributed by atoms with E-state index in [1.54, 1.807) is 0 Å². The molecule has 0 aromatic rings. The van der Waals surface area contributed by atoms with E-state index < -0.39 is 97.5 Å². The van der Waals surface area contributed by atoms with Crippen molar-refractivity contribution in [2.24, 2.45) is 11.8 Å². The van der Waals surface area contributed by atoms with E-state index in [4.69, 9.17) is 37.0 Å². The molecule has 6 atom stereocenters. The number of carbonyl (C=O) groups excluding carboxylic acids is 4. The predicted octanol–water partition coefficient (Wildman–Crippen LogP) is 22.7. The third kappa shape index (κ3) is 69.2. The minimum absolute atomic E-state index is 0.106. The normalized spacial score (nSPS) is 14.3. The van der Waals surface area contributed by atoms with E-state index in [2.05, 4.69) is 41.5 Å². The Bertz CT molecular complexity index is 1860. The molecule has 19 heteroatoms. The van der Waals surface area contributed by atoms with Gasteiger partial charge in [-0.1, -0.05) is 350 Å². The van der Waals surface area contributed by atoms with Gasteiger partial charge in [-0.2, -0.15) is 0 Å². The molecule has 96 heavy (non-hydrogen) atoms. The molecular weight excluding hydrogens is 1260 g/mol. The Hall–Kier alpha value is -1.94. The highest BCUT2D eigenvalue weighted by Gasteiger charge is 2.30. The number of phosphoric ester groups is 2. The lowest BCUT2D eigenvalue weighted by molar-refractivity contribution is -0.161. The quantitative estimate of drug-likeness (QED) is 0.0222. The highest BCUT2D eigenvalue weighted by Crippen LogP contribution is 2.45. The molecular formula is C77H150O17P2. The van der Waals surface area contributed by atoms with Crippen LogP contribution in [0.3, 0.4) is 0 Å². The Kier molecular flexibility index (Phi) is 67.4. The molecule has 0 heterocycles. The van der Waals surface area contributed by atoms with Gasteiger partial charge in [-0.15, -0.1) is 0 Å². The van der Waals surface area contributed by atoms with E-state index in [-0.39, 0.29) is 25.7 Å². The molecule has 0 saturated heterocycles. The number of aliphatic hydroxyl groups excluding tert-OH is 1. The van der Waals surface area contributed by atoms with Gasteiger partial charge >= 0.3 is 39.5 Å². The van der Waals surface area contributed by atoms with Crippen LogP contribution in [0, 0.1) is 11.8 Å². The summed E-state index contributed by atoms with van der Waals surface area (Å²) >= 11 is 0. The number of phosphoric acid groups is 2. The molecule has 17 nitrogen and oxygen atoms in total. The van der Waals surface area contributed by atoms with E-state index in [1.165, 1.54) is 218 Å². The third-order valence-electron chi connectivity index (χ3n) is 18.3. The van der Waals surface area contributed by atoms with Crippen LogP contribution in [0.2, 0.25) is 0 Å². The molecule has 0 spiro atoms. The molecule has 570 valence electrons. The van der Waals surface area contributed by atoms with Gasteiger partial charge < -0.3 is 33.8 Å². The van der Waals surface area contributed by atoms with Gasteiger partial charge in [-0.05, 0) is 37.5 Å². The first kappa shape index (κ1) is 94.1. The van der Waals surface area contributed by atoms with Crippen molar-refractivity contribution in [3.63, 3.8) is 0 Å². The van der Waals surface area contributed by atoms with Crippen molar-refractivity contribution in [1.29, 1.82) is 0 Å². The van der Waals surface area contributed by atoms with Crippen LogP contribution in [0.15, 0.2) is 0 Å². The molecule has 0 aliphatic rings. The van der Waals surface area contributed by atoms with Crippen LogP contribution in [0.25, 0.3) is 0 Å². The molecule has 0 saturated carbocycles. The van der Waals surface area contributed by atoms with Crippen LogP contribution >= 0.6 is 15.6 Å². The van der Waals surface area contributed by atoms with Crippen LogP contribution in [-0.4, -0.2) is 96.7 Å². The lowest BCUT2D eigenvalue weighted by atomic mass is 9.99. The molecule has 0 amide bonds. The van der Waals surface area contributed by atoms with Crippen molar-refractivity contribution in [1.82, 2.24) is 0 Å². The number of rotatable bonds is 76. The summed E-state index contributed by atoms with van der Waals surface area (Å²) in [4.78, 5) is 72.9. The van der Waals surface area contributed by atoms with E-state index in [0.29, 0.717) is 25.7 Å². The smallest absolute Gasteiger partial charge is 0.462 e. The summed E-state index contributed by atoms with van der Waals surface area (Å²) in [6.45, 7) is 9.61. The Labute approximate surface area is 588 Å². The maximum Gasteiger partial charge on any atom is 0.472 e. The number of hydrogen-bond donors (Lipinski definition) is 3. The van der Waals surface area contributed by atoms with E-state index in [1.807, 2.05) is 0 Å². The highest BCUT2D eigenvalue weighted by molar-refractivity contribution is 7.47. The van der Waals surface area contributed by atoms with Crippen molar-refractivity contribution >= 4 is 39.5 Å². The number of hydrogen-bond acceptors (Lipinski definition) is 15. The molecule has 0 radical (unpaired) electrons. The SMILES string of the molecule is CCCCCCCCCCCCCCCCCCCCC(=O)O[C@H](COC(=O)CCCCCCCCCCCCC(C)CC)COP(=O)(O)OC[C@@H](O)COP(=O)(O)OC[C@@H](COC(=O)CCCCCCCCCCCCCC)OC(=O)CCCCCCCCCCCC(C)C. The van der Waals surface area contributed by atoms with Gasteiger partial charge in [-0.3, -0.25) is 37.3 Å². The van der Waals surface area contributed by atoms with Gasteiger partial charge in [-0.25, -0.2) is 9.13 Å². The number of unbranched alkanes of at least 4 members (excludes halogenated alkanes) is 45. The second kappa shape index (κ2) is 68.8. The summed E-state index contributed by atoms with van der Waals surface area (Å²) in [7, 11) is -9.91. The van der Waals surface area contributed by atoms with Crippen molar-refractivity contribution < 1.29 is 80.2 Å². The molecule has 0 aliphatic heterocycles. The summed E-state index contributed by atoms with van der Waals surface area (Å²) in [6, 6.07) is 0. The largest absolute Gasteiger partial charge is 0.472 e. The minimum atomic E-state index is -4.96. The molecule has 3 unspecified atom stereocenters. The van der Waals surface area contributed by atoms with Gasteiger partial charge in [0.2, 0.25) is 0 Å².